The molecule has 0 aliphatic carbocycles. The second kappa shape index (κ2) is 1.81. The summed E-state index contributed by atoms with van der Waals surface area (Å²) in [6.45, 7) is 0. The summed E-state index contributed by atoms with van der Waals surface area (Å²) in [5, 5.41) is 3.41. The molecule has 0 aromatic heterocycles. The molecule has 0 bridgehead atoms. The zero-order chi connectivity index (χ0) is 8.01. The number of imide groups is 1. The fraction of sp³-hybridized carbons (Fsp3) is 0.500. The highest BCUT2D eigenvalue weighted by atomic mass is 16.6. The van der Waals surface area contributed by atoms with E-state index in [0.717, 1.165) is 4.90 Å². The van der Waals surface area contributed by atoms with Crippen LogP contribution >= 0.6 is 0 Å². The van der Waals surface area contributed by atoms with Crippen LogP contribution in [0.4, 0.5) is 0 Å². The lowest BCUT2D eigenvalue weighted by atomic mass is 10.1. The molecule has 2 aliphatic rings. The van der Waals surface area contributed by atoms with Crippen LogP contribution in [0.15, 0.2) is 5.16 Å². The van der Waals surface area contributed by atoms with Crippen LogP contribution in [0.2, 0.25) is 0 Å². The number of oxime groups is 1. The number of fused-ring (bicyclic) bond motifs is 1. The van der Waals surface area contributed by atoms with Crippen LogP contribution in [0, 0.1) is 5.92 Å². The van der Waals surface area contributed by atoms with Crippen molar-refractivity contribution in [2.45, 2.75) is 6.10 Å². The van der Waals surface area contributed by atoms with Gasteiger partial charge in [-0.05, 0) is 0 Å². The highest BCUT2D eigenvalue weighted by Crippen LogP contribution is 2.24. The van der Waals surface area contributed by atoms with E-state index in [1.54, 1.807) is 0 Å². The summed E-state index contributed by atoms with van der Waals surface area (Å²) >= 11 is 0. The summed E-state index contributed by atoms with van der Waals surface area (Å²) < 4.78 is 0. The molecule has 0 radical (unpaired) electrons. The van der Waals surface area contributed by atoms with Gasteiger partial charge in [-0.1, -0.05) is 5.16 Å². The number of hydrogen-bond donors (Lipinski definition) is 0. The molecule has 2 rings (SSSR count). The number of amides is 2. The number of hydrogen-bond acceptors (Lipinski definition) is 4. The van der Waals surface area contributed by atoms with Gasteiger partial charge in [0.05, 0.1) is 6.21 Å². The van der Waals surface area contributed by atoms with Crippen molar-refractivity contribution in [2.75, 3.05) is 7.05 Å². The van der Waals surface area contributed by atoms with Crippen molar-refractivity contribution in [3.05, 3.63) is 0 Å². The second-order valence-electron chi connectivity index (χ2n) is 2.54. The van der Waals surface area contributed by atoms with Crippen LogP contribution in [0.1, 0.15) is 0 Å². The van der Waals surface area contributed by atoms with Gasteiger partial charge >= 0.3 is 0 Å². The van der Waals surface area contributed by atoms with E-state index in [2.05, 4.69) is 9.99 Å². The Morgan fingerprint density at radius 2 is 2.27 bits per heavy atom. The first-order valence-electron chi connectivity index (χ1n) is 3.22. The maximum atomic E-state index is 11.1. The average molecular weight is 154 g/mol. The molecule has 0 aromatic carbocycles. The fourth-order valence-electron chi connectivity index (χ4n) is 1.23. The zero-order valence-corrected chi connectivity index (χ0v) is 5.85. The van der Waals surface area contributed by atoms with E-state index < -0.39 is 12.0 Å². The van der Waals surface area contributed by atoms with Gasteiger partial charge in [0.15, 0.2) is 0 Å². The predicted molar refractivity (Wildman–Crippen MR) is 34.6 cm³/mol. The summed E-state index contributed by atoms with van der Waals surface area (Å²) in [6, 6.07) is 0. The molecule has 2 atom stereocenters. The summed E-state index contributed by atoms with van der Waals surface area (Å²) in [4.78, 5) is 28.0. The maximum Gasteiger partial charge on any atom is 0.274 e. The van der Waals surface area contributed by atoms with Crippen molar-refractivity contribution < 1.29 is 14.4 Å². The Morgan fingerprint density at radius 3 is 2.91 bits per heavy atom. The molecule has 0 spiro atoms. The molecule has 58 valence electrons. The van der Waals surface area contributed by atoms with Crippen LogP contribution in [0.5, 0.6) is 0 Å². The van der Waals surface area contributed by atoms with Gasteiger partial charge in [0, 0.05) is 7.05 Å². The highest BCUT2D eigenvalue weighted by molar-refractivity contribution is 6.13. The van der Waals surface area contributed by atoms with Crippen LogP contribution in [-0.2, 0) is 14.4 Å². The SMILES string of the molecule is CN1C(=O)C2C=NOC2C1=O. The van der Waals surface area contributed by atoms with Crippen molar-refractivity contribution in [1.29, 1.82) is 0 Å². The molecule has 2 unspecified atom stereocenters. The number of likely N-dealkylation sites (tertiary alicyclic amines) is 1. The minimum absolute atomic E-state index is 0.235. The first-order valence-corrected chi connectivity index (χ1v) is 3.22. The molecule has 2 amide bonds. The molecule has 5 heteroatoms. The van der Waals surface area contributed by atoms with Gasteiger partial charge in [-0.15, -0.1) is 0 Å². The number of nitrogens with zero attached hydrogens (tertiary/aromatic N) is 2. The Bertz CT molecular complexity index is 261. The van der Waals surface area contributed by atoms with Crippen molar-refractivity contribution >= 4 is 18.0 Å². The molecule has 0 aromatic rings. The van der Waals surface area contributed by atoms with Gasteiger partial charge < -0.3 is 4.84 Å². The van der Waals surface area contributed by atoms with Gasteiger partial charge in [0.1, 0.15) is 5.92 Å². The predicted octanol–water partition coefficient (Wildman–Crippen LogP) is -1.01. The van der Waals surface area contributed by atoms with Crippen LogP contribution in [-0.4, -0.2) is 36.1 Å². The third-order valence-corrected chi connectivity index (χ3v) is 1.91. The van der Waals surface area contributed by atoms with Gasteiger partial charge in [0.25, 0.3) is 5.91 Å². The Hall–Kier alpha value is -1.39. The minimum Gasteiger partial charge on any atom is -0.381 e. The van der Waals surface area contributed by atoms with Gasteiger partial charge in [-0.2, -0.15) is 0 Å². The molecule has 11 heavy (non-hydrogen) atoms. The van der Waals surface area contributed by atoms with E-state index >= 15 is 0 Å². The summed E-state index contributed by atoms with van der Waals surface area (Å²) in [6.07, 6.45) is 0.682. The third-order valence-electron chi connectivity index (χ3n) is 1.91. The average Bonchev–Trinajstić information content (AvgIpc) is 2.53. The number of likely N-dealkylation sites (N-methyl/N-ethyl adjacent to an activating group) is 1. The molecular formula is C6H6N2O3. The first-order chi connectivity index (χ1) is 5.22. The van der Waals surface area contributed by atoms with Crippen LogP contribution < -0.4 is 0 Å². The molecule has 0 N–H and O–H groups in total. The summed E-state index contributed by atoms with van der Waals surface area (Å²) in [5.74, 6) is -1.02. The van der Waals surface area contributed by atoms with E-state index in [-0.39, 0.29) is 11.8 Å². The van der Waals surface area contributed by atoms with E-state index in [9.17, 15) is 9.59 Å². The van der Waals surface area contributed by atoms with Crippen molar-refractivity contribution in [3.63, 3.8) is 0 Å². The molecule has 5 nitrogen and oxygen atoms in total. The zero-order valence-electron chi connectivity index (χ0n) is 5.85. The van der Waals surface area contributed by atoms with E-state index in [4.69, 9.17) is 0 Å². The Labute approximate surface area is 62.6 Å². The first kappa shape index (κ1) is 6.33. The third kappa shape index (κ3) is 0.621. The van der Waals surface area contributed by atoms with E-state index in [1.807, 2.05) is 0 Å². The van der Waals surface area contributed by atoms with Crippen LogP contribution in [0.25, 0.3) is 0 Å². The summed E-state index contributed by atoms with van der Waals surface area (Å²) in [7, 11) is 1.44. The topological polar surface area (TPSA) is 59.0 Å². The highest BCUT2D eigenvalue weighted by Gasteiger charge is 2.49. The molecule has 1 saturated heterocycles. The van der Waals surface area contributed by atoms with Crippen molar-refractivity contribution in [3.8, 4) is 0 Å². The number of rotatable bonds is 0. The van der Waals surface area contributed by atoms with E-state index in [0.29, 0.717) is 0 Å². The monoisotopic (exact) mass is 154 g/mol. The van der Waals surface area contributed by atoms with Gasteiger partial charge in [-0.25, -0.2) is 0 Å². The van der Waals surface area contributed by atoms with E-state index in [1.165, 1.54) is 13.3 Å². The quantitative estimate of drug-likeness (QED) is 0.420. The summed E-state index contributed by atoms with van der Waals surface area (Å²) in [5.41, 5.74) is 0. The largest absolute Gasteiger partial charge is 0.381 e. The molecule has 1 fully saturated rings. The fourth-order valence-corrected chi connectivity index (χ4v) is 1.23. The van der Waals surface area contributed by atoms with Gasteiger partial charge in [0.2, 0.25) is 12.0 Å². The Morgan fingerprint density at radius 1 is 1.55 bits per heavy atom. The lowest BCUT2D eigenvalue weighted by Gasteiger charge is -2.04. The van der Waals surface area contributed by atoms with Gasteiger partial charge in [-0.3, -0.25) is 14.5 Å². The lowest BCUT2D eigenvalue weighted by molar-refractivity contribution is -0.140. The molecule has 2 heterocycles. The minimum atomic E-state index is -0.688. The number of carbonyl (C=O) groups excluding carboxylic acids is 2. The smallest absolute Gasteiger partial charge is 0.274 e. The van der Waals surface area contributed by atoms with Crippen molar-refractivity contribution in [1.82, 2.24) is 4.90 Å². The normalized spacial score (nSPS) is 34.5. The number of carbonyl (C=O) groups is 2. The maximum absolute atomic E-state index is 11.1. The Balaban J connectivity index is 2.36. The van der Waals surface area contributed by atoms with Crippen LogP contribution in [0.3, 0.4) is 0 Å². The second-order valence-corrected chi connectivity index (χ2v) is 2.54. The molecule has 2 aliphatic heterocycles. The molecular weight excluding hydrogens is 148 g/mol. The molecule has 0 saturated carbocycles. The lowest BCUT2D eigenvalue weighted by Crippen LogP contribution is -2.28. The standard InChI is InChI=1S/C6H6N2O3/c1-8-5(9)3-2-7-11-4(3)6(8)10/h2-4H,1H3. The Kier molecular flexibility index (Phi) is 1.04. The van der Waals surface area contributed by atoms with Crippen molar-refractivity contribution in [2.24, 2.45) is 11.1 Å².